The predicted molar refractivity (Wildman–Crippen MR) is 169 cm³/mol. The number of carbonyl (C=O) groups is 2. The third-order valence-corrected chi connectivity index (χ3v) is 10.6. The second-order valence-electron chi connectivity index (χ2n) is 11.6. The Morgan fingerprint density at radius 1 is 0.909 bits per heavy atom. The van der Waals surface area contributed by atoms with Gasteiger partial charge in [-0.3, -0.25) is 13.9 Å². The van der Waals surface area contributed by atoms with Crippen LogP contribution in [0.5, 0.6) is 0 Å². The maximum atomic E-state index is 14.9. The van der Waals surface area contributed by atoms with Crippen molar-refractivity contribution in [1.29, 1.82) is 0 Å². The smallest absolute Gasteiger partial charge is 0.265 e. The van der Waals surface area contributed by atoms with E-state index in [0.717, 1.165) is 36.6 Å². The number of nitrogens with one attached hydrogen (secondary N) is 1. The summed E-state index contributed by atoms with van der Waals surface area (Å²) in [5.41, 5.74) is 1.81. The predicted octanol–water partition coefficient (Wildman–Crippen LogP) is 5.97. The van der Waals surface area contributed by atoms with Gasteiger partial charge in [0.15, 0.2) is 0 Å². The molecule has 9 heteroatoms. The highest BCUT2D eigenvalue weighted by Gasteiger charge is 2.36. The van der Waals surface area contributed by atoms with E-state index < -0.39 is 21.9 Å². The summed E-state index contributed by atoms with van der Waals surface area (Å²) in [6, 6.07) is 25.7. The lowest BCUT2D eigenvalue weighted by atomic mass is 10.0. The molecule has 4 aromatic rings. The lowest BCUT2D eigenvalue weighted by molar-refractivity contribution is -0.141. The second kappa shape index (κ2) is 12.8. The molecule has 0 radical (unpaired) electrons. The maximum absolute atomic E-state index is 14.9. The van der Waals surface area contributed by atoms with E-state index in [1.54, 1.807) is 36.4 Å². The number of sulfonamides is 1. The molecule has 1 heterocycles. The third-order valence-electron chi connectivity index (χ3n) is 8.70. The van der Waals surface area contributed by atoms with Crippen molar-refractivity contribution in [2.75, 3.05) is 10.8 Å². The van der Waals surface area contributed by atoms with E-state index in [4.69, 9.17) is 0 Å². The lowest BCUT2D eigenvalue weighted by Gasteiger charge is -2.32. The van der Waals surface area contributed by atoms with Crippen molar-refractivity contribution in [3.05, 3.63) is 108 Å². The molecule has 1 saturated carbocycles. The summed E-state index contributed by atoms with van der Waals surface area (Å²) in [5.74, 6) is -1.04. The van der Waals surface area contributed by atoms with Crippen LogP contribution in [-0.2, 0) is 32.6 Å². The van der Waals surface area contributed by atoms with Gasteiger partial charge in [0.25, 0.3) is 10.0 Å². The SMILES string of the molecule is O=C(NC1CCCC1)[C@H](Cc1ccccc1)N(Cc1ccccc1F)C(=O)CCCN1c2cccc3cccc(c23)S1(=O)=O. The van der Waals surface area contributed by atoms with Gasteiger partial charge >= 0.3 is 0 Å². The molecule has 0 bridgehead atoms. The molecule has 7 nitrogen and oxygen atoms in total. The molecule has 1 atom stereocenters. The molecule has 2 aliphatic rings. The summed E-state index contributed by atoms with van der Waals surface area (Å²) in [5, 5.41) is 4.69. The molecule has 44 heavy (non-hydrogen) atoms. The molecule has 228 valence electrons. The molecule has 1 N–H and O–H groups in total. The van der Waals surface area contributed by atoms with Gasteiger partial charge in [0.2, 0.25) is 11.8 Å². The average Bonchev–Trinajstić information content (AvgIpc) is 3.61. The number of anilines is 1. The van der Waals surface area contributed by atoms with Crippen LogP contribution in [0.25, 0.3) is 10.8 Å². The topological polar surface area (TPSA) is 86.8 Å². The van der Waals surface area contributed by atoms with Crippen molar-refractivity contribution in [1.82, 2.24) is 10.2 Å². The molecule has 4 aromatic carbocycles. The average molecular weight is 614 g/mol. The summed E-state index contributed by atoms with van der Waals surface area (Å²) in [6.07, 6.45) is 4.38. The van der Waals surface area contributed by atoms with Gasteiger partial charge in [0, 0.05) is 42.9 Å². The molecule has 2 amide bonds. The zero-order chi connectivity index (χ0) is 30.7. The Hall–Kier alpha value is -4.24. The van der Waals surface area contributed by atoms with Crippen LogP contribution >= 0.6 is 0 Å². The van der Waals surface area contributed by atoms with E-state index in [1.807, 2.05) is 48.5 Å². The van der Waals surface area contributed by atoms with Gasteiger partial charge in [-0.15, -0.1) is 0 Å². The minimum absolute atomic E-state index is 0.00517. The summed E-state index contributed by atoms with van der Waals surface area (Å²) < 4.78 is 43.2. The third kappa shape index (κ3) is 6.06. The highest BCUT2D eigenvalue weighted by molar-refractivity contribution is 7.93. The fraction of sp³-hybridized carbons (Fsp3) is 0.314. The van der Waals surface area contributed by atoms with Gasteiger partial charge in [-0.1, -0.05) is 85.6 Å². The van der Waals surface area contributed by atoms with Crippen LogP contribution in [0.15, 0.2) is 95.9 Å². The molecule has 0 unspecified atom stereocenters. The first-order valence-electron chi connectivity index (χ1n) is 15.2. The van der Waals surface area contributed by atoms with E-state index >= 15 is 0 Å². The number of amides is 2. The number of benzene rings is 4. The number of nitrogens with zero attached hydrogens (tertiary/aromatic N) is 2. The van der Waals surface area contributed by atoms with Crippen LogP contribution < -0.4 is 9.62 Å². The second-order valence-corrected chi connectivity index (χ2v) is 13.5. The molecule has 1 aliphatic heterocycles. The van der Waals surface area contributed by atoms with Crippen molar-refractivity contribution in [3.63, 3.8) is 0 Å². The zero-order valence-electron chi connectivity index (χ0n) is 24.5. The van der Waals surface area contributed by atoms with Crippen LogP contribution in [0.2, 0.25) is 0 Å². The molecular weight excluding hydrogens is 577 g/mol. The Kier molecular flexibility index (Phi) is 8.66. The molecule has 0 spiro atoms. The maximum Gasteiger partial charge on any atom is 0.265 e. The van der Waals surface area contributed by atoms with Gasteiger partial charge in [0.1, 0.15) is 11.9 Å². The number of hydrogen-bond acceptors (Lipinski definition) is 4. The Bertz CT molecular complexity index is 1770. The monoisotopic (exact) mass is 613 g/mol. The van der Waals surface area contributed by atoms with Gasteiger partial charge < -0.3 is 10.2 Å². The van der Waals surface area contributed by atoms with Crippen LogP contribution in [-0.4, -0.2) is 43.8 Å². The first kappa shape index (κ1) is 29.8. The molecule has 0 saturated heterocycles. The normalized spacial score (nSPS) is 16.2. The number of rotatable bonds is 11. The van der Waals surface area contributed by atoms with E-state index in [-0.39, 0.29) is 55.1 Å². The van der Waals surface area contributed by atoms with Gasteiger partial charge in [0.05, 0.1) is 10.6 Å². The quantitative estimate of drug-likeness (QED) is 0.226. The first-order chi connectivity index (χ1) is 21.3. The summed E-state index contributed by atoms with van der Waals surface area (Å²) in [6.45, 7) is 0.0287. The van der Waals surface area contributed by atoms with Crippen molar-refractivity contribution in [3.8, 4) is 0 Å². The minimum atomic E-state index is -3.76. The number of halogens is 1. The first-order valence-corrected chi connectivity index (χ1v) is 16.7. The van der Waals surface area contributed by atoms with Crippen molar-refractivity contribution < 1.29 is 22.4 Å². The highest BCUT2D eigenvalue weighted by Crippen LogP contribution is 2.42. The highest BCUT2D eigenvalue weighted by atomic mass is 32.2. The van der Waals surface area contributed by atoms with E-state index in [1.165, 1.54) is 15.3 Å². The van der Waals surface area contributed by atoms with E-state index in [2.05, 4.69) is 5.32 Å². The molecule has 1 fully saturated rings. The van der Waals surface area contributed by atoms with Crippen molar-refractivity contribution in [2.24, 2.45) is 0 Å². The summed E-state index contributed by atoms with van der Waals surface area (Å²) >= 11 is 0. The standard InChI is InChI=1S/C35H36FN3O4S/c36-29-18-7-4-13-27(29)24-38(31(23-25-11-2-1-3-12-25)35(41)37-28-16-5-6-17-28)33(40)21-10-22-39-30-19-8-14-26-15-9-20-32(34(26)30)44(39,42)43/h1-4,7-9,11-15,18-20,28,31H,5-6,10,16-17,21-24H2,(H,37,41)/t31-/m0/s1. The Morgan fingerprint density at radius 2 is 1.61 bits per heavy atom. The van der Waals surface area contributed by atoms with Gasteiger partial charge in [-0.05, 0) is 48.4 Å². The Morgan fingerprint density at radius 3 is 2.36 bits per heavy atom. The lowest BCUT2D eigenvalue weighted by Crippen LogP contribution is -2.52. The largest absolute Gasteiger partial charge is 0.352 e. The van der Waals surface area contributed by atoms with Crippen LogP contribution in [0, 0.1) is 5.82 Å². The van der Waals surface area contributed by atoms with E-state index in [0.29, 0.717) is 16.6 Å². The number of carbonyl (C=O) groups excluding carboxylic acids is 2. The van der Waals surface area contributed by atoms with Crippen LogP contribution in [0.4, 0.5) is 10.1 Å². The summed E-state index contributed by atoms with van der Waals surface area (Å²) in [4.78, 5) is 29.6. The van der Waals surface area contributed by atoms with Gasteiger partial charge in [-0.2, -0.15) is 0 Å². The molecule has 1 aliphatic carbocycles. The fourth-order valence-corrected chi connectivity index (χ4v) is 8.20. The number of hydrogen-bond donors (Lipinski definition) is 1. The minimum Gasteiger partial charge on any atom is -0.352 e. The Balaban J connectivity index is 1.25. The van der Waals surface area contributed by atoms with Crippen LogP contribution in [0.1, 0.15) is 49.7 Å². The van der Waals surface area contributed by atoms with Gasteiger partial charge in [-0.25, -0.2) is 12.8 Å². The fourth-order valence-electron chi connectivity index (χ4n) is 6.45. The van der Waals surface area contributed by atoms with Crippen LogP contribution in [0.3, 0.4) is 0 Å². The zero-order valence-corrected chi connectivity index (χ0v) is 25.3. The molecule has 0 aromatic heterocycles. The Labute approximate surface area is 257 Å². The van der Waals surface area contributed by atoms with E-state index in [9.17, 15) is 22.4 Å². The molecular formula is C35H36FN3O4S. The summed E-state index contributed by atoms with van der Waals surface area (Å²) in [7, 11) is -3.76. The van der Waals surface area contributed by atoms with Crippen molar-refractivity contribution in [2.45, 2.75) is 68.5 Å². The molecule has 6 rings (SSSR count). The van der Waals surface area contributed by atoms with Crippen molar-refractivity contribution >= 4 is 38.3 Å².